The van der Waals surface area contributed by atoms with Crippen molar-refractivity contribution in [1.82, 2.24) is 0 Å². The van der Waals surface area contributed by atoms with E-state index in [0.29, 0.717) is 29.6 Å². The summed E-state index contributed by atoms with van der Waals surface area (Å²) in [7, 11) is 0. The minimum Gasteiger partial charge on any atom is -0.390 e. The van der Waals surface area contributed by atoms with Gasteiger partial charge in [0, 0.05) is 0 Å². The number of aliphatic hydroxyl groups excluding tert-OH is 4. The van der Waals surface area contributed by atoms with Crippen molar-refractivity contribution in [3.8, 4) is 0 Å². The van der Waals surface area contributed by atoms with Gasteiger partial charge in [-0.25, -0.2) is 0 Å². The van der Waals surface area contributed by atoms with Gasteiger partial charge in [0.1, 0.15) is 6.10 Å². The Balaban J connectivity index is 1.52. The maximum Gasteiger partial charge on any atom is 0.101 e. The molecule has 0 amide bonds. The van der Waals surface area contributed by atoms with Gasteiger partial charge in [-0.05, 0) is 109 Å². The fourth-order valence-corrected chi connectivity index (χ4v) is 9.35. The van der Waals surface area contributed by atoms with Gasteiger partial charge in [0.15, 0.2) is 0 Å². The second-order valence-electron chi connectivity index (χ2n) is 14.0. The molecule has 0 heterocycles. The molecule has 0 aliphatic heterocycles. The van der Waals surface area contributed by atoms with E-state index in [4.69, 9.17) is 0 Å². The lowest BCUT2D eigenvalue weighted by Crippen LogP contribution is -2.57. The van der Waals surface area contributed by atoms with Crippen LogP contribution in [0.5, 0.6) is 0 Å². The van der Waals surface area contributed by atoms with Crippen LogP contribution in [0, 0.1) is 51.8 Å². The molecule has 0 spiro atoms. The molecule has 4 heteroatoms. The third kappa shape index (κ3) is 4.05. The minimum atomic E-state index is -0.886. The Morgan fingerprint density at radius 2 is 1.55 bits per heavy atom. The van der Waals surface area contributed by atoms with Crippen LogP contribution in [0.3, 0.4) is 0 Å². The Morgan fingerprint density at radius 3 is 2.18 bits per heavy atom. The van der Waals surface area contributed by atoms with Crippen molar-refractivity contribution in [3.05, 3.63) is 12.2 Å². The van der Waals surface area contributed by atoms with E-state index < -0.39 is 24.4 Å². The fourth-order valence-electron chi connectivity index (χ4n) is 9.35. The Labute approximate surface area is 201 Å². The number of aliphatic hydroxyl groups is 4. The highest BCUT2D eigenvalue weighted by Gasteiger charge is 2.62. The standard InChI is InChI=1S/C29H50O4/c1-16(25(32)26(33)17(2)27(3,4)5)20-10-11-21-19-9-8-18-14-23(30)24(31)15-29(18,7)22(19)12-13-28(20,21)6/h16,18-26,30-33H,2,8-15H2,1,3-7H3/t16-,18?,19?,20+,21?,22?,23-,24+,25+,26+,28+,29-/m0/s1. The van der Waals surface area contributed by atoms with Crippen molar-refractivity contribution in [3.63, 3.8) is 0 Å². The van der Waals surface area contributed by atoms with Gasteiger partial charge >= 0.3 is 0 Å². The summed E-state index contributed by atoms with van der Waals surface area (Å²) in [6.07, 6.45) is 5.78. The van der Waals surface area contributed by atoms with Gasteiger partial charge < -0.3 is 20.4 Å². The fraction of sp³-hybridized carbons (Fsp3) is 0.931. The average Bonchev–Trinajstić information content (AvgIpc) is 3.09. The summed E-state index contributed by atoms with van der Waals surface area (Å²) in [5.74, 6) is 2.92. The zero-order chi connectivity index (χ0) is 24.5. The molecule has 0 aromatic heterocycles. The number of rotatable bonds is 4. The van der Waals surface area contributed by atoms with E-state index in [1.165, 1.54) is 25.7 Å². The molecule has 33 heavy (non-hydrogen) atoms. The van der Waals surface area contributed by atoms with Crippen LogP contribution in [-0.4, -0.2) is 44.8 Å². The molecule has 4 saturated carbocycles. The third-order valence-electron chi connectivity index (χ3n) is 11.6. The van der Waals surface area contributed by atoms with Crippen LogP contribution in [0.25, 0.3) is 0 Å². The lowest BCUT2D eigenvalue weighted by molar-refractivity contribution is -0.162. The molecule has 0 saturated heterocycles. The van der Waals surface area contributed by atoms with E-state index in [0.717, 1.165) is 31.3 Å². The molecule has 4 unspecified atom stereocenters. The Kier molecular flexibility index (Phi) is 6.69. The van der Waals surface area contributed by atoms with Crippen LogP contribution in [0.1, 0.15) is 92.9 Å². The monoisotopic (exact) mass is 462 g/mol. The van der Waals surface area contributed by atoms with Gasteiger partial charge in [-0.15, -0.1) is 0 Å². The number of fused-ring (bicyclic) bond motifs is 5. The van der Waals surface area contributed by atoms with Crippen LogP contribution < -0.4 is 0 Å². The molecule has 12 atom stereocenters. The maximum absolute atomic E-state index is 11.2. The molecule has 0 aromatic rings. The van der Waals surface area contributed by atoms with Crippen LogP contribution in [0.4, 0.5) is 0 Å². The van der Waals surface area contributed by atoms with Crippen LogP contribution in [0.15, 0.2) is 12.2 Å². The highest BCUT2D eigenvalue weighted by Crippen LogP contribution is 2.68. The minimum absolute atomic E-state index is 0.0317. The van der Waals surface area contributed by atoms with Crippen LogP contribution >= 0.6 is 0 Å². The topological polar surface area (TPSA) is 80.9 Å². The molecule has 4 N–H and O–H groups in total. The number of hydrogen-bond donors (Lipinski definition) is 4. The molecule has 4 aliphatic rings. The van der Waals surface area contributed by atoms with Crippen molar-refractivity contribution in [2.45, 2.75) is 117 Å². The molecule has 4 rings (SSSR count). The maximum atomic E-state index is 11.2. The smallest absolute Gasteiger partial charge is 0.101 e. The Hall–Kier alpha value is -0.420. The van der Waals surface area contributed by atoms with Crippen molar-refractivity contribution in [2.75, 3.05) is 0 Å². The summed E-state index contributed by atoms with van der Waals surface area (Å²) in [5.41, 5.74) is 0.814. The second kappa shape index (κ2) is 8.61. The van der Waals surface area contributed by atoms with E-state index in [2.05, 4.69) is 27.4 Å². The van der Waals surface area contributed by atoms with E-state index in [9.17, 15) is 20.4 Å². The van der Waals surface area contributed by atoms with E-state index in [-0.39, 0.29) is 22.2 Å². The first kappa shape index (κ1) is 25.7. The van der Waals surface area contributed by atoms with Gasteiger partial charge in [0.2, 0.25) is 0 Å². The van der Waals surface area contributed by atoms with Gasteiger partial charge in [-0.1, -0.05) is 48.1 Å². The van der Waals surface area contributed by atoms with Gasteiger partial charge in [0.25, 0.3) is 0 Å². The first-order valence-corrected chi connectivity index (χ1v) is 13.6. The molecule has 0 aromatic carbocycles. The Bertz CT molecular complexity index is 742. The summed E-state index contributed by atoms with van der Waals surface area (Å²) < 4.78 is 0. The second-order valence-corrected chi connectivity index (χ2v) is 14.0. The molecule has 4 aliphatic carbocycles. The van der Waals surface area contributed by atoms with Crippen molar-refractivity contribution in [2.24, 2.45) is 51.8 Å². The van der Waals surface area contributed by atoms with Crippen molar-refractivity contribution >= 4 is 0 Å². The quantitative estimate of drug-likeness (QED) is 0.446. The predicted octanol–water partition coefficient (Wildman–Crippen LogP) is 4.94. The van der Waals surface area contributed by atoms with Gasteiger partial charge in [0.05, 0.1) is 18.3 Å². The third-order valence-corrected chi connectivity index (χ3v) is 11.6. The molecule has 4 fully saturated rings. The molecule has 0 radical (unpaired) electrons. The molecule has 190 valence electrons. The summed E-state index contributed by atoms with van der Waals surface area (Å²) in [6.45, 7) is 17.3. The highest BCUT2D eigenvalue weighted by molar-refractivity contribution is 5.15. The number of hydrogen-bond acceptors (Lipinski definition) is 4. The lowest BCUT2D eigenvalue weighted by atomic mass is 9.44. The van der Waals surface area contributed by atoms with Crippen LogP contribution in [-0.2, 0) is 0 Å². The highest BCUT2D eigenvalue weighted by atomic mass is 16.3. The van der Waals surface area contributed by atoms with Crippen molar-refractivity contribution in [1.29, 1.82) is 0 Å². The first-order chi connectivity index (χ1) is 15.2. The van der Waals surface area contributed by atoms with Gasteiger partial charge in [-0.3, -0.25) is 0 Å². The molecule has 4 nitrogen and oxygen atoms in total. The summed E-state index contributed by atoms with van der Waals surface area (Å²) in [6, 6.07) is 0. The first-order valence-electron chi connectivity index (χ1n) is 13.6. The predicted molar refractivity (Wildman–Crippen MR) is 132 cm³/mol. The van der Waals surface area contributed by atoms with Gasteiger partial charge in [-0.2, -0.15) is 0 Å². The van der Waals surface area contributed by atoms with E-state index >= 15 is 0 Å². The zero-order valence-corrected chi connectivity index (χ0v) is 21.9. The van der Waals surface area contributed by atoms with Crippen LogP contribution in [0.2, 0.25) is 0 Å². The zero-order valence-electron chi connectivity index (χ0n) is 21.9. The van der Waals surface area contributed by atoms with Crippen molar-refractivity contribution < 1.29 is 20.4 Å². The molecular formula is C29H50O4. The lowest BCUT2D eigenvalue weighted by Gasteiger charge is -2.61. The summed E-state index contributed by atoms with van der Waals surface area (Å²) >= 11 is 0. The Morgan fingerprint density at radius 1 is 0.909 bits per heavy atom. The normalized spacial score (nSPS) is 48.2. The van der Waals surface area contributed by atoms with E-state index in [1.807, 2.05) is 20.8 Å². The SMILES string of the molecule is C=C([C@@H](O)[C@H](O)[C@@H](C)[C@H]1CCC2C3CCC4C[C@H](O)[C@H](O)C[C@]4(C)C3CC[C@@]21C)C(C)(C)C. The molecule has 0 bridgehead atoms. The van der Waals surface area contributed by atoms with E-state index in [1.54, 1.807) is 0 Å². The largest absolute Gasteiger partial charge is 0.390 e. The summed E-state index contributed by atoms with van der Waals surface area (Å²) in [4.78, 5) is 0. The average molecular weight is 463 g/mol. The summed E-state index contributed by atoms with van der Waals surface area (Å²) in [5, 5.41) is 43.0. The molecular weight excluding hydrogens is 412 g/mol.